The minimum Gasteiger partial charge on any atom is -0.497 e. The predicted octanol–water partition coefficient (Wildman–Crippen LogP) is 4.31. The third-order valence-corrected chi connectivity index (χ3v) is 3.94. The molecule has 0 unspecified atom stereocenters. The van der Waals surface area contributed by atoms with Gasteiger partial charge in [0.25, 0.3) is 0 Å². The lowest BCUT2D eigenvalue weighted by Gasteiger charge is -2.12. The minimum absolute atomic E-state index is 0. The normalized spacial score (nSPS) is 10.0. The molecule has 0 saturated heterocycles. The Morgan fingerprint density at radius 3 is 1.84 bits per heavy atom. The fraction of sp³-hybridized carbons (Fsp3) is 0.150. The maximum absolute atomic E-state index is 5.79. The summed E-state index contributed by atoms with van der Waals surface area (Å²) in [6, 6.07) is 17.9. The zero-order valence-corrected chi connectivity index (χ0v) is 15.0. The summed E-state index contributed by atoms with van der Waals surface area (Å²) in [7, 11) is 3.32. The molecule has 3 aromatic rings. The van der Waals surface area contributed by atoms with Gasteiger partial charge >= 0.3 is 0 Å². The molecule has 5 heteroatoms. The van der Waals surface area contributed by atoms with Gasteiger partial charge in [0.15, 0.2) is 0 Å². The molecule has 0 radical (unpaired) electrons. The van der Waals surface area contributed by atoms with Crippen LogP contribution in [0, 0.1) is 0 Å². The van der Waals surface area contributed by atoms with Crippen LogP contribution < -0.4 is 15.2 Å². The summed E-state index contributed by atoms with van der Waals surface area (Å²) in [6.07, 6.45) is 1.83. The van der Waals surface area contributed by atoms with Gasteiger partial charge in [0.2, 0.25) is 0 Å². The average molecular weight is 357 g/mol. The molecule has 0 bridgehead atoms. The summed E-state index contributed by atoms with van der Waals surface area (Å²) in [4.78, 5) is 4.64. The van der Waals surface area contributed by atoms with E-state index in [9.17, 15) is 0 Å². The Labute approximate surface area is 154 Å². The van der Waals surface area contributed by atoms with Gasteiger partial charge in [0, 0.05) is 23.9 Å². The van der Waals surface area contributed by atoms with E-state index >= 15 is 0 Å². The molecular formula is C20H21ClN2O2. The first-order valence-corrected chi connectivity index (χ1v) is 7.73. The zero-order chi connectivity index (χ0) is 16.9. The molecule has 25 heavy (non-hydrogen) atoms. The maximum atomic E-state index is 5.79. The van der Waals surface area contributed by atoms with E-state index in [1.165, 1.54) is 0 Å². The van der Waals surface area contributed by atoms with E-state index in [1.54, 1.807) is 14.2 Å². The maximum Gasteiger partial charge on any atom is 0.118 e. The van der Waals surface area contributed by atoms with E-state index in [4.69, 9.17) is 15.2 Å². The van der Waals surface area contributed by atoms with Crippen LogP contribution >= 0.6 is 12.4 Å². The van der Waals surface area contributed by atoms with E-state index in [-0.39, 0.29) is 12.4 Å². The van der Waals surface area contributed by atoms with Crippen LogP contribution in [0.25, 0.3) is 22.4 Å². The van der Waals surface area contributed by atoms with Crippen molar-refractivity contribution in [3.63, 3.8) is 0 Å². The highest BCUT2D eigenvalue weighted by molar-refractivity contribution is 5.85. The lowest BCUT2D eigenvalue weighted by atomic mass is 9.97. The van der Waals surface area contributed by atoms with Gasteiger partial charge in [0.1, 0.15) is 11.5 Å². The van der Waals surface area contributed by atoms with Crippen molar-refractivity contribution in [3.8, 4) is 33.9 Å². The first-order chi connectivity index (χ1) is 11.7. The highest BCUT2D eigenvalue weighted by Gasteiger charge is 2.11. The van der Waals surface area contributed by atoms with Crippen molar-refractivity contribution >= 4 is 12.4 Å². The van der Waals surface area contributed by atoms with Crippen LogP contribution in [0.3, 0.4) is 0 Å². The summed E-state index contributed by atoms with van der Waals surface area (Å²) < 4.78 is 10.5. The molecule has 0 aliphatic rings. The van der Waals surface area contributed by atoms with Gasteiger partial charge in [-0.05, 0) is 53.6 Å². The number of aromatic nitrogens is 1. The SMILES string of the molecule is COc1ccc(-c2cc(CN)cnc2-c2ccc(OC)cc2)cc1.Cl. The number of ether oxygens (including phenoxy) is 2. The largest absolute Gasteiger partial charge is 0.497 e. The number of benzene rings is 2. The molecule has 0 saturated carbocycles. The number of methoxy groups -OCH3 is 2. The van der Waals surface area contributed by atoms with Gasteiger partial charge in [-0.2, -0.15) is 0 Å². The van der Waals surface area contributed by atoms with Crippen LogP contribution in [-0.2, 0) is 6.54 Å². The number of rotatable bonds is 5. The predicted molar refractivity (Wildman–Crippen MR) is 103 cm³/mol. The number of nitrogens with zero attached hydrogens (tertiary/aromatic N) is 1. The molecule has 2 N–H and O–H groups in total. The first kappa shape index (κ1) is 18.8. The van der Waals surface area contributed by atoms with Gasteiger partial charge < -0.3 is 15.2 Å². The molecule has 4 nitrogen and oxygen atoms in total. The molecule has 1 heterocycles. The Morgan fingerprint density at radius 1 is 0.840 bits per heavy atom. The Hall–Kier alpha value is -2.56. The van der Waals surface area contributed by atoms with Gasteiger partial charge in [0.05, 0.1) is 19.9 Å². The number of hydrogen-bond donors (Lipinski definition) is 1. The summed E-state index contributed by atoms with van der Waals surface area (Å²) in [5.74, 6) is 1.65. The third kappa shape index (κ3) is 4.10. The van der Waals surface area contributed by atoms with Crippen molar-refractivity contribution in [1.29, 1.82) is 0 Å². The molecule has 130 valence electrons. The fourth-order valence-electron chi connectivity index (χ4n) is 2.59. The standard InChI is InChI=1S/C20H20N2O2.ClH/c1-23-17-7-3-15(4-8-17)19-11-14(12-21)13-22-20(19)16-5-9-18(24-2)10-6-16;/h3-11,13H,12,21H2,1-2H3;1H. The molecule has 0 amide bonds. The van der Waals surface area contributed by atoms with Crippen LogP contribution in [0.5, 0.6) is 11.5 Å². The second kappa shape index (κ2) is 8.51. The average Bonchev–Trinajstić information content (AvgIpc) is 2.67. The lowest BCUT2D eigenvalue weighted by Crippen LogP contribution is -1.99. The fourth-order valence-corrected chi connectivity index (χ4v) is 2.59. The van der Waals surface area contributed by atoms with E-state index in [0.29, 0.717) is 6.54 Å². The number of halogens is 1. The molecule has 2 aromatic carbocycles. The summed E-state index contributed by atoms with van der Waals surface area (Å²) in [5.41, 5.74) is 10.9. The molecule has 0 fully saturated rings. The van der Waals surface area contributed by atoms with E-state index in [0.717, 1.165) is 39.4 Å². The van der Waals surface area contributed by atoms with Crippen molar-refractivity contribution < 1.29 is 9.47 Å². The number of nitrogens with two attached hydrogens (primary N) is 1. The van der Waals surface area contributed by atoms with Crippen molar-refractivity contribution in [2.24, 2.45) is 5.73 Å². The Morgan fingerprint density at radius 2 is 1.36 bits per heavy atom. The van der Waals surface area contributed by atoms with Crippen LogP contribution in [0.1, 0.15) is 5.56 Å². The molecular weight excluding hydrogens is 336 g/mol. The van der Waals surface area contributed by atoms with E-state index in [1.807, 2.05) is 54.7 Å². The van der Waals surface area contributed by atoms with E-state index in [2.05, 4.69) is 11.1 Å². The Kier molecular flexibility index (Phi) is 6.39. The van der Waals surface area contributed by atoms with Gasteiger partial charge in [-0.25, -0.2) is 0 Å². The van der Waals surface area contributed by atoms with Crippen molar-refractivity contribution in [3.05, 3.63) is 66.4 Å². The second-order valence-corrected chi connectivity index (χ2v) is 5.40. The van der Waals surface area contributed by atoms with Crippen molar-refractivity contribution in [2.75, 3.05) is 14.2 Å². The number of pyridine rings is 1. The lowest BCUT2D eigenvalue weighted by molar-refractivity contribution is 0.414. The van der Waals surface area contributed by atoms with Crippen LogP contribution in [-0.4, -0.2) is 19.2 Å². The Bertz CT molecular complexity index is 818. The van der Waals surface area contributed by atoms with Gasteiger partial charge in [-0.15, -0.1) is 12.4 Å². The van der Waals surface area contributed by atoms with Crippen LogP contribution in [0.4, 0.5) is 0 Å². The van der Waals surface area contributed by atoms with Crippen LogP contribution in [0.15, 0.2) is 60.8 Å². The van der Waals surface area contributed by atoms with Crippen LogP contribution in [0.2, 0.25) is 0 Å². The van der Waals surface area contributed by atoms with Crippen molar-refractivity contribution in [2.45, 2.75) is 6.54 Å². The summed E-state index contributed by atoms with van der Waals surface area (Å²) in [5, 5.41) is 0. The topological polar surface area (TPSA) is 57.4 Å². The molecule has 3 rings (SSSR count). The molecule has 0 aliphatic carbocycles. The first-order valence-electron chi connectivity index (χ1n) is 7.73. The summed E-state index contributed by atoms with van der Waals surface area (Å²) >= 11 is 0. The quantitative estimate of drug-likeness (QED) is 0.740. The smallest absolute Gasteiger partial charge is 0.118 e. The monoisotopic (exact) mass is 356 g/mol. The number of hydrogen-bond acceptors (Lipinski definition) is 4. The van der Waals surface area contributed by atoms with E-state index < -0.39 is 0 Å². The highest BCUT2D eigenvalue weighted by atomic mass is 35.5. The molecule has 0 atom stereocenters. The third-order valence-electron chi connectivity index (χ3n) is 3.94. The zero-order valence-electron chi connectivity index (χ0n) is 14.2. The van der Waals surface area contributed by atoms with Gasteiger partial charge in [-0.1, -0.05) is 12.1 Å². The minimum atomic E-state index is 0. The molecule has 0 spiro atoms. The highest BCUT2D eigenvalue weighted by Crippen LogP contribution is 2.32. The summed E-state index contributed by atoms with van der Waals surface area (Å²) in [6.45, 7) is 0.457. The van der Waals surface area contributed by atoms with Crippen molar-refractivity contribution in [1.82, 2.24) is 4.98 Å². The molecule has 0 aliphatic heterocycles. The van der Waals surface area contributed by atoms with Gasteiger partial charge in [-0.3, -0.25) is 4.98 Å². The molecule has 1 aromatic heterocycles. The Balaban J connectivity index is 0.00000225. The second-order valence-electron chi connectivity index (χ2n) is 5.40.